The van der Waals surface area contributed by atoms with Gasteiger partial charge in [-0.2, -0.15) is 5.10 Å². The number of aromatic nitrogens is 1. The molecule has 0 aliphatic heterocycles. The number of phenols is 2. The van der Waals surface area contributed by atoms with Gasteiger partial charge in [-0.15, -0.1) is 0 Å². The highest BCUT2D eigenvalue weighted by Gasteiger charge is 2.10. The Morgan fingerprint density at radius 3 is 2.77 bits per heavy atom. The minimum atomic E-state index is -0.609. The van der Waals surface area contributed by atoms with Crippen LogP contribution in [0, 0.1) is 5.82 Å². The van der Waals surface area contributed by atoms with Crippen molar-refractivity contribution in [3.05, 3.63) is 83.4 Å². The summed E-state index contributed by atoms with van der Waals surface area (Å²) in [5.74, 6) is -1.39. The van der Waals surface area contributed by atoms with E-state index in [1.165, 1.54) is 30.5 Å². The molecule has 0 bridgehead atoms. The minimum Gasteiger partial charge on any atom is -0.508 e. The maximum atomic E-state index is 13.3. The van der Waals surface area contributed by atoms with Gasteiger partial charge in [0.1, 0.15) is 17.3 Å². The van der Waals surface area contributed by atoms with Crippen molar-refractivity contribution in [3.8, 4) is 11.5 Å². The molecule has 1 aromatic heterocycles. The van der Waals surface area contributed by atoms with Gasteiger partial charge in [0, 0.05) is 18.8 Å². The third-order valence-electron chi connectivity index (χ3n) is 3.70. The molecule has 0 fully saturated rings. The molecule has 0 unspecified atom stereocenters. The molecule has 1 amide bonds. The van der Waals surface area contributed by atoms with E-state index in [0.29, 0.717) is 12.2 Å². The van der Waals surface area contributed by atoms with Crippen molar-refractivity contribution in [2.24, 2.45) is 5.10 Å². The van der Waals surface area contributed by atoms with Gasteiger partial charge in [-0.25, -0.2) is 9.82 Å². The molecule has 6 nitrogen and oxygen atoms in total. The van der Waals surface area contributed by atoms with Crippen molar-refractivity contribution in [2.75, 3.05) is 0 Å². The Morgan fingerprint density at radius 2 is 2.00 bits per heavy atom. The van der Waals surface area contributed by atoms with E-state index in [4.69, 9.17) is 0 Å². The summed E-state index contributed by atoms with van der Waals surface area (Å²) >= 11 is 0. The quantitative estimate of drug-likeness (QED) is 0.487. The standard InChI is InChI=1S/C19H16FN3O3/c20-14-4-1-3-13(9-14)12-23-8-2-5-15(23)11-21-22-19(26)17-7-6-16(24)10-18(17)25/h1-11,24-25H,12H2,(H,22,26)/b21-11+. The average molecular weight is 353 g/mol. The zero-order chi connectivity index (χ0) is 18.5. The number of amides is 1. The molecule has 3 aromatic rings. The number of carbonyl (C=O) groups is 1. The smallest absolute Gasteiger partial charge is 0.275 e. The lowest BCUT2D eigenvalue weighted by Crippen LogP contribution is -2.18. The van der Waals surface area contributed by atoms with Gasteiger partial charge in [-0.3, -0.25) is 4.79 Å². The number of phenolic OH excluding ortho intramolecular Hbond substituents is 2. The molecular weight excluding hydrogens is 337 g/mol. The molecule has 26 heavy (non-hydrogen) atoms. The molecule has 0 atom stereocenters. The summed E-state index contributed by atoms with van der Waals surface area (Å²) in [5.41, 5.74) is 3.82. The molecule has 0 spiro atoms. The zero-order valence-electron chi connectivity index (χ0n) is 13.6. The highest BCUT2D eigenvalue weighted by molar-refractivity contribution is 5.97. The van der Waals surface area contributed by atoms with Crippen LogP contribution in [-0.2, 0) is 6.54 Å². The summed E-state index contributed by atoms with van der Waals surface area (Å²) in [6.07, 6.45) is 3.27. The van der Waals surface area contributed by atoms with Gasteiger partial charge in [0.15, 0.2) is 0 Å². The molecule has 0 radical (unpaired) electrons. The number of hydrazone groups is 1. The minimum absolute atomic E-state index is 0.00454. The molecular formula is C19H16FN3O3. The summed E-state index contributed by atoms with van der Waals surface area (Å²) < 4.78 is 15.1. The average Bonchev–Trinajstić information content (AvgIpc) is 3.02. The maximum absolute atomic E-state index is 13.3. The molecule has 0 saturated carbocycles. The van der Waals surface area contributed by atoms with E-state index in [-0.39, 0.29) is 22.9 Å². The fourth-order valence-electron chi connectivity index (χ4n) is 2.45. The van der Waals surface area contributed by atoms with Crippen molar-refractivity contribution < 1.29 is 19.4 Å². The number of carbonyl (C=O) groups excluding carboxylic acids is 1. The van der Waals surface area contributed by atoms with Crippen LogP contribution in [0.15, 0.2) is 65.9 Å². The Hall–Kier alpha value is -3.61. The molecule has 3 rings (SSSR count). The summed E-state index contributed by atoms with van der Waals surface area (Å²) in [7, 11) is 0. The van der Waals surface area contributed by atoms with E-state index in [1.807, 2.05) is 22.9 Å². The maximum Gasteiger partial charge on any atom is 0.275 e. The van der Waals surface area contributed by atoms with Gasteiger partial charge in [0.25, 0.3) is 5.91 Å². The zero-order valence-corrected chi connectivity index (χ0v) is 13.6. The van der Waals surface area contributed by atoms with Gasteiger partial charge >= 0.3 is 0 Å². The van der Waals surface area contributed by atoms with Crippen molar-refractivity contribution >= 4 is 12.1 Å². The third kappa shape index (κ3) is 4.07. The second kappa shape index (κ2) is 7.52. The summed E-state index contributed by atoms with van der Waals surface area (Å²) in [6.45, 7) is 0.457. The Balaban J connectivity index is 1.68. The summed E-state index contributed by atoms with van der Waals surface area (Å²) in [6, 6.07) is 13.6. The Labute approximate surface area is 148 Å². The van der Waals surface area contributed by atoms with Crippen molar-refractivity contribution in [1.82, 2.24) is 9.99 Å². The van der Waals surface area contributed by atoms with Gasteiger partial charge in [-0.05, 0) is 42.0 Å². The van der Waals surface area contributed by atoms with E-state index in [0.717, 1.165) is 11.6 Å². The van der Waals surface area contributed by atoms with Crippen LogP contribution in [0.4, 0.5) is 4.39 Å². The lowest BCUT2D eigenvalue weighted by Gasteiger charge is -2.07. The molecule has 0 aliphatic rings. The number of hydrogen-bond acceptors (Lipinski definition) is 4. The van der Waals surface area contributed by atoms with Crippen LogP contribution in [0.1, 0.15) is 21.6 Å². The Morgan fingerprint density at radius 1 is 1.15 bits per heavy atom. The van der Waals surface area contributed by atoms with Crippen LogP contribution in [0.2, 0.25) is 0 Å². The first kappa shape index (κ1) is 17.2. The van der Waals surface area contributed by atoms with Crippen molar-refractivity contribution in [3.63, 3.8) is 0 Å². The molecule has 3 N–H and O–H groups in total. The summed E-state index contributed by atoms with van der Waals surface area (Å²) in [5, 5.41) is 22.8. The van der Waals surface area contributed by atoms with Crippen molar-refractivity contribution in [1.29, 1.82) is 0 Å². The predicted octanol–water partition coefficient (Wildman–Crippen LogP) is 2.85. The lowest BCUT2D eigenvalue weighted by atomic mass is 10.2. The van der Waals surface area contributed by atoms with Crippen LogP contribution < -0.4 is 5.43 Å². The van der Waals surface area contributed by atoms with E-state index < -0.39 is 5.91 Å². The van der Waals surface area contributed by atoms with Crippen LogP contribution in [-0.4, -0.2) is 26.9 Å². The van der Waals surface area contributed by atoms with Gasteiger partial charge in [0.2, 0.25) is 0 Å². The number of hydrogen-bond donors (Lipinski definition) is 3. The topological polar surface area (TPSA) is 86.9 Å². The molecule has 2 aromatic carbocycles. The van der Waals surface area contributed by atoms with Gasteiger partial charge < -0.3 is 14.8 Å². The SMILES string of the molecule is O=C(N/N=C/c1cccn1Cc1cccc(F)c1)c1ccc(O)cc1O. The second-order valence-corrected chi connectivity index (χ2v) is 5.59. The van der Waals surface area contributed by atoms with E-state index in [1.54, 1.807) is 12.1 Å². The normalized spacial score (nSPS) is 11.0. The monoisotopic (exact) mass is 353 g/mol. The van der Waals surface area contributed by atoms with E-state index >= 15 is 0 Å². The first-order valence-corrected chi connectivity index (χ1v) is 7.78. The first-order valence-electron chi connectivity index (χ1n) is 7.78. The van der Waals surface area contributed by atoms with Gasteiger partial charge in [0.05, 0.1) is 17.5 Å². The fourth-order valence-corrected chi connectivity index (χ4v) is 2.45. The number of aromatic hydroxyl groups is 2. The van der Waals surface area contributed by atoms with Crippen LogP contribution in [0.25, 0.3) is 0 Å². The number of nitrogens with zero attached hydrogens (tertiary/aromatic N) is 2. The van der Waals surface area contributed by atoms with Crippen LogP contribution in [0.5, 0.6) is 11.5 Å². The first-order chi connectivity index (χ1) is 12.5. The Kier molecular flexibility index (Phi) is 4.98. The number of halogens is 1. The Bertz CT molecular complexity index is 966. The van der Waals surface area contributed by atoms with Gasteiger partial charge in [-0.1, -0.05) is 12.1 Å². The molecule has 0 aliphatic carbocycles. The highest BCUT2D eigenvalue weighted by atomic mass is 19.1. The van der Waals surface area contributed by atoms with Crippen LogP contribution >= 0.6 is 0 Å². The number of rotatable bonds is 5. The van der Waals surface area contributed by atoms with Crippen LogP contribution in [0.3, 0.4) is 0 Å². The number of benzene rings is 2. The largest absolute Gasteiger partial charge is 0.508 e. The van der Waals surface area contributed by atoms with E-state index in [2.05, 4.69) is 10.5 Å². The fraction of sp³-hybridized carbons (Fsp3) is 0.0526. The summed E-state index contributed by atoms with van der Waals surface area (Å²) in [4.78, 5) is 12.0. The van der Waals surface area contributed by atoms with E-state index in [9.17, 15) is 19.4 Å². The molecule has 132 valence electrons. The highest BCUT2D eigenvalue weighted by Crippen LogP contribution is 2.22. The second-order valence-electron chi connectivity index (χ2n) is 5.59. The molecule has 7 heteroatoms. The predicted molar refractivity (Wildman–Crippen MR) is 94.8 cm³/mol. The lowest BCUT2D eigenvalue weighted by molar-refractivity contribution is 0.0952. The van der Waals surface area contributed by atoms with Crippen molar-refractivity contribution in [2.45, 2.75) is 6.54 Å². The molecule has 0 saturated heterocycles. The number of nitrogens with one attached hydrogen (secondary N) is 1. The molecule has 1 heterocycles. The third-order valence-corrected chi connectivity index (χ3v) is 3.70.